The average Bonchev–Trinajstić information content (AvgIpc) is 3.31. The molecule has 2 N–H and O–H groups in total. The van der Waals surface area contributed by atoms with E-state index in [4.69, 9.17) is 10.1 Å². The van der Waals surface area contributed by atoms with Crippen LogP contribution in [0.5, 0.6) is 5.75 Å². The van der Waals surface area contributed by atoms with Crippen molar-refractivity contribution in [3.05, 3.63) is 70.4 Å². The highest BCUT2D eigenvalue weighted by Gasteiger charge is 2.35. The summed E-state index contributed by atoms with van der Waals surface area (Å²) < 4.78 is 20.8. The lowest BCUT2D eigenvalue weighted by Gasteiger charge is -2.34. The first-order chi connectivity index (χ1) is 15.0. The van der Waals surface area contributed by atoms with Crippen LogP contribution in [0.4, 0.5) is 4.39 Å². The molecule has 6 nitrogen and oxygen atoms in total. The van der Waals surface area contributed by atoms with Gasteiger partial charge in [0.25, 0.3) is 5.91 Å². The number of nitrogens with zero attached hydrogens (tertiary/aromatic N) is 2. The summed E-state index contributed by atoms with van der Waals surface area (Å²) in [5.41, 5.74) is 3.26. The summed E-state index contributed by atoms with van der Waals surface area (Å²) >= 11 is 0. The van der Waals surface area contributed by atoms with E-state index in [-0.39, 0.29) is 24.4 Å². The van der Waals surface area contributed by atoms with Gasteiger partial charge >= 0.3 is 0 Å². The molecule has 0 bridgehead atoms. The Morgan fingerprint density at radius 3 is 2.84 bits per heavy atom. The number of nitrogens with one attached hydrogen (secondary N) is 2. The van der Waals surface area contributed by atoms with Crippen LogP contribution in [0.25, 0.3) is 0 Å². The molecule has 0 spiro atoms. The van der Waals surface area contributed by atoms with Gasteiger partial charge in [-0.1, -0.05) is 18.9 Å². The third-order valence-electron chi connectivity index (χ3n) is 6.09. The Hall–Kier alpha value is -3.22. The van der Waals surface area contributed by atoms with Crippen LogP contribution in [0.1, 0.15) is 58.4 Å². The van der Waals surface area contributed by atoms with Crippen LogP contribution in [0.3, 0.4) is 0 Å². The molecule has 162 valence electrons. The maximum atomic E-state index is 15.1. The highest BCUT2D eigenvalue weighted by atomic mass is 19.1. The molecule has 0 radical (unpaired) electrons. The number of carbonyl (C=O) groups excluding carboxylic acids is 1. The van der Waals surface area contributed by atoms with Gasteiger partial charge in [0.1, 0.15) is 0 Å². The number of aromatic nitrogens is 1. The van der Waals surface area contributed by atoms with Gasteiger partial charge in [0.15, 0.2) is 18.3 Å². The number of hydrogen-bond donors (Lipinski definition) is 2. The molecule has 2 aliphatic rings. The summed E-state index contributed by atoms with van der Waals surface area (Å²) in [5.74, 6) is -0.541. The largest absolute Gasteiger partial charge is 0.469 e. The average molecular weight is 423 g/mol. The molecule has 1 fully saturated rings. The van der Waals surface area contributed by atoms with E-state index in [0.717, 1.165) is 36.8 Å². The highest BCUT2D eigenvalue weighted by Crippen LogP contribution is 2.36. The fraction of sp³-hybridized carbons (Fsp3) is 0.375. The summed E-state index contributed by atoms with van der Waals surface area (Å²) in [5, 5.41) is 10.9. The van der Waals surface area contributed by atoms with E-state index < -0.39 is 5.82 Å². The van der Waals surface area contributed by atoms with Crippen molar-refractivity contribution in [1.29, 1.82) is 5.41 Å². The summed E-state index contributed by atoms with van der Waals surface area (Å²) in [4.78, 5) is 19.2. The van der Waals surface area contributed by atoms with Crippen molar-refractivity contribution in [2.75, 3.05) is 13.8 Å². The van der Waals surface area contributed by atoms with Gasteiger partial charge < -0.3 is 15.0 Å². The fourth-order valence-electron chi connectivity index (χ4n) is 4.26. The van der Waals surface area contributed by atoms with Gasteiger partial charge in [-0.25, -0.2) is 4.39 Å². The van der Waals surface area contributed by atoms with E-state index in [0.29, 0.717) is 29.0 Å². The van der Waals surface area contributed by atoms with Crippen molar-refractivity contribution in [2.45, 2.75) is 45.1 Å². The molecule has 1 saturated carbocycles. The molecule has 1 aliphatic carbocycles. The van der Waals surface area contributed by atoms with E-state index in [2.05, 4.69) is 10.3 Å². The number of halogens is 1. The summed E-state index contributed by atoms with van der Waals surface area (Å²) in [6.07, 6.45) is 9.61. The zero-order valence-corrected chi connectivity index (χ0v) is 17.9. The molecule has 1 aromatic heterocycles. The van der Waals surface area contributed by atoms with E-state index in [1.165, 1.54) is 0 Å². The molecule has 7 heteroatoms. The minimum Gasteiger partial charge on any atom is -0.469 e. The normalized spacial score (nSPS) is 16.5. The quantitative estimate of drug-likeness (QED) is 0.691. The Morgan fingerprint density at radius 1 is 1.39 bits per heavy atom. The lowest BCUT2D eigenvalue weighted by Crippen LogP contribution is -2.44. The second-order valence-electron chi connectivity index (χ2n) is 8.10. The van der Waals surface area contributed by atoms with Crippen LogP contribution in [-0.2, 0) is 6.42 Å². The lowest BCUT2D eigenvalue weighted by molar-refractivity contribution is 0.0377. The molecule has 2 heterocycles. The number of hydrogen-bond acceptors (Lipinski definition) is 5. The number of pyridine rings is 1. The minimum absolute atomic E-state index is 0.0683. The smallest absolute Gasteiger partial charge is 0.260 e. The first-order valence-corrected chi connectivity index (χ1v) is 10.6. The number of allylic oxidation sites excluding steroid dienone is 1. The van der Waals surface area contributed by atoms with Gasteiger partial charge in [-0.2, -0.15) is 0 Å². The van der Waals surface area contributed by atoms with Crippen molar-refractivity contribution in [3.8, 4) is 5.75 Å². The fourth-order valence-corrected chi connectivity index (χ4v) is 4.26. The first kappa shape index (κ1) is 21.0. The molecule has 0 unspecified atom stereocenters. The van der Waals surface area contributed by atoms with Crippen molar-refractivity contribution < 1.29 is 13.9 Å². The van der Waals surface area contributed by atoms with Gasteiger partial charge in [-0.3, -0.25) is 15.2 Å². The van der Waals surface area contributed by atoms with Crippen molar-refractivity contribution in [1.82, 2.24) is 15.2 Å². The van der Waals surface area contributed by atoms with Gasteiger partial charge in [-0.15, -0.1) is 0 Å². The van der Waals surface area contributed by atoms with Crippen LogP contribution in [0.15, 0.2) is 36.7 Å². The minimum atomic E-state index is -0.463. The van der Waals surface area contributed by atoms with Crippen LogP contribution in [0.2, 0.25) is 0 Å². The third kappa shape index (κ3) is 4.17. The number of carbonyl (C=O) groups is 1. The van der Waals surface area contributed by atoms with E-state index in [9.17, 15) is 4.79 Å². The Bertz CT molecular complexity index is 1030. The van der Waals surface area contributed by atoms with Gasteiger partial charge in [-0.05, 0) is 67.3 Å². The van der Waals surface area contributed by atoms with Crippen molar-refractivity contribution in [2.24, 2.45) is 0 Å². The second-order valence-corrected chi connectivity index (χ2v) is 8.10. The Labute approximate surface area is 181 Å². The number of rotatable bonds is 6. The van der Waals surface area contributed by atoms with E-state index in [1.54, 1.807) is 49.5 Å². The molecule has 0 atom stereocenters. The SMILES string of the molecule is CN/C=C\C(=N)c1ccc(Cc2cc3c(c(F)c2C)OCN(C2CCCC2)C3=O)cn1. The van der Waals surface area contributed by atoms with Gasteiger partial charge in [0, 0.05) is 19.3 Å². The summed E-state index contributed by atoms with van der Waals surface area (Å²) in [7, 11) is 1.77. The molecular formula is C24H27FN4O2. The Morgan fingerprint density at radius 2 is 2.16 bits per heavy atom. The Kier molecular flexibility index (Phi) is 6.02. The summed E-state index contributed by atoms with van der Waals surface area (Å²) in [6.45, 7) is 1.83. The first-order valence-electron chi connectivity index (χ1n) is 10.6. The van der Waals surface area contributed by atoms with Crippen LogP contribution in [-0.4, -0.2) is 41.3 Å². The number of amides is 1. The Balaban J connectivity index is 1.58. The van der Waals surface area contributed by atoms with Crippen LogP contribution >= 0.6 is 0 Å². The maximum absolute atomic E-state index is 15.1. The molecule has 1 aromatic carbocycles. The van der Waals surface area contributed by atoms with E-state index >= 15 is 4.39 Å². The van der Waals surface area contributed by atoms with Crippen LogP contribution in [0, 0.1) is 18.2 Å². The standard InChI is InChI=1S/C24H27FN4O2/c1-15-17(11-16-7-8-21(28-13-16)20(26)9-10-27-2)12-19-23(22(15)25)31-14-29(24(19)30)18-5-3-4-6-18/h7-10,12-13,18,26-27H,3-6,11,14H2,1-2H3/b10-9-,26-20?. The third-order valence-corrected chi connectivity index (χ3v) is 6.09. The predicted octanol–water partition coefficient (Wildman–Crippen LogP) is 3.96. The van der Waals surface area contributed by atoms with Gasteiger partial charge in [0.05, 0.1) is 17.0 Å². The molecular weight excluding hydrogens is 395 g/mol. The second kappa shape index (κ2) is 8.88. The lowest BCUT2D eigenvalue weighted by atomic mass is 9.96. The zero-order chi connectivity index (χ0) is 22.0. The molecule has 4 rings (SSSR count). The molecule has 1 amide bonds. The maximum Gasteiger partial charge on any atom is 0.260 e. The number of benzene rings is 1. The topological polar surface area (TPSA) is 78.3 Å². The number of fused-ring (bicyclic) bond motifs is 1. The zero-order valence-electron chi connectivity index (χ0n) is 17.9. The van der Waals surface area contributed by atoms with Gasteiger partial charge in [0.2, 0.25) is 0 Å². The number of ether oxygens (including phenoxy) is 1. The highest BCUT2D eigenvalue weighted by molar-refractivity contribution is 6.04. The molecule has 2 aromatic rings. The summed E-state index contributed by atoms with van der Waals surface area (Å²) in [6, 6.07) is 5.60. The van der Waals surface area contributed by atoms with Crippen molar-refractivity contribution >= 4 is 11.6 Å². The van der Waals surface area contributed by atoms with Crippen molar-refractivity contribution in [3.63, 3.8) is 0 Å². The molecule has 1 aliphatic heterocycles. The van der Waals surface area contributed by atoms with Crippen LogP contribution < -0.4 is 10.1 Å². The predicted molar refractivity (Wildman–Crippen MR) is 117 cm³/mol. The molecule has 31 heavy (non-hydrogen) atoms. The van der Waals surface area contributed by atoms with E-state index in [1.807, 2.05) is 6.07 Å². The monoisotopic (exact) mass is 422 g/mol. The molecule has 0 saturated heterocycles.